The molecule has 2 heterocycles. The van der Waals surface area contributed by atoms with Crippen molar-refractivity contribution in [2.24, 2.45) is 0 Å². The zero-order chi connectivity index (χ0) is 26.3. The number of pyridine rings is 1. The van der Waals surface area contributed by atoms with Gasteiger partial charge in [0.1, 0.15) is 11.3 Å². The van der Waals surface area contributed by atoms with E-state index in [-0.39, 0.29) is 11.6 Å². The molecule has 0 N–H and O–H groups in total. The van der Waals surface area contributed by atoms with Gasteiger partial charge < -0.3 is 13.9 Å². The Morgan fingerprint density at radius 2 is 1.46 bits per heavy atom. The predicted octanol–water partition coefficient (Wildman–Crippen LogP) is 7.64. The molecule has 1 aromatic carbocycles. The molecule has 0 amide bonds. The number of fused-ring (bicyclic) bond motifs is 1. The van der Waals surface area contributed by atoms with Crippen LogP contribution >= 0.6 is 0 Å². The Labute approximate surface area is 219 Å². The number of hydrogen-bond acceptors (Lipinski definition) is 6. The number of hydrogen-bond donors (Lipinski definition) is 0. The molecule has 0 aliphatic rings. The fraction of sp³-hybridized carbons (Fsp3) is 0.452. The van der Waals surface area contributed by atoms with E-state index in [4.69, 9.17) is 13.9 Å². The average Bonchev–Trinajstić information content (AvgIpc) is 2.90. The molecule has 0 fully saturated rings. The Morgan fingerprint density at radius 1 is 0.865 bits per heavy atom. The smallest absolute Gasteiger partial charge is 0.344 e. The molecule has 2 aromatic heterocycles. The van der Waals surface area contributed by atoms with E-state index in [1.165, 1.54) is 51.4 Å². The van der Waals surface area contributed by atoms with Gasteiger partial charge in [-0.05, 0) is 49.6 Å². The van der Waals surface area contributed by atoms with Crippen molar-refractivity contribution in [3.63, 3.8) is 0 Å². The van der Waals surface area contributed by atoms with Crippen molar-refractivity contribution in [3.05, 3.63) is 71.4 Å². The molecule has 3 aromatic rings. The topological polar surface area (TPSA) is 78.6 Å². The molecule has 3 rings (SSSR count). The first-order valence-corrected chi connectivity index (χ1v) is 13.5. The van der Waals surface area contributed by atoms with E-state index in [1.807, 2.05) is 30.3 Å². The Kier molecular flexibility index (Phi) is 11.9. The normalized spacial score (nSPS) is 10.9. The van der Waals surface area contributed by atoms with Crippen LogP contribution in [0.1, 0.15) is 77.6 Å². The lowest BCUT2D eigenvalue weighted by molar-refractivity contribution is -0.139. The summed E-state index contributed by atoms with van der Waals surface area (Å²) in [5.74, 6) is 0.526. The highest BCUT2D eigenvalue weighted by atomic mass is 16.5. The number of carbonyl (C=O) groups is 1. The predicted molar refractivity (Wildman–Crippen MR) is 148 cm³/mol. The maximum absolute atomic E-state index is 12.3. The Balaban J connectivity index is 1.19. The van der Waals surface area contributed by atoms with Gasteiger partial charge >= 0.3 is 11.6 Å². The van der Waals surface area contributed by atoms with Crippen molar-refractivity contribution in [1.29, 1.82) is 0 Å². The van der Waals surface area contributed by atoms with Crippen LogP contribution in [0.4, 0.5) is 0 Å². The maximum atomic E-state index is 12.3. The van der Waals surface area contributed by atoms with Crippen LogP contribution in [0.25, 0.3) is 22.1 Å². The molecule has 0 unspecified atom stereocenters. The highest BCUT2D eigenvalue weighted by Crippen LogP contribution is 2.23. The molecular formula is C31H39NO5. The van der Waals surface area contributed by atoms with Crippen molar-refractivity contribution >= 4 is 16.9 Å². The molecule has 0 radical (unpaired) electrons. The summed E-state index contributed by atoms with van der Waals surface area (Å²) in [4.78, 5) is 27.7. The summed E-state index contributed by atoms with van der Waals surface area (Å²) in [6.45, 7) is 6.45. The lowest BCUT2D eigenvalue weighted by atomic mass is 10.1. The molecule has 0 aliphatic heterocycles. The zero-order valence-electron chi connectivity index (χ0n) is 22.0. The number of rotatable bonds is 17. The molecule has 6 nitrogen and oxygen atoms in total. The summed E-state index contributed by atoms with van der Waals surface area (Å²) in [5.41, 5.74) is 1.97. The summed E-state index contributed by atoms with van der Waals surface area (Å²) in [6, 6.07) is 11.1. The van der Waals surface area contributed by atoms with Crippen LogP contribution in [0.5, 0.6) is 5.75 Å². The number of nitrogens with zero attached hydrogens (tertiary/aromatic N) is 1. The van der Waals surface area contributed by atoms with Gasteiger partial charge in [-0.2, -0.15) is 0 Å². The molecule has 0 atom stereocenters. The van der Waals surface area contributed by atoms with E-state index in [0.717, 1.165) is 36.0 Å². The Bertz CT molecular complexity index is 1180. The summed E-state index contributed by atoms with van der Waals surface area (Å²) < 4.78 is 16.4. The highest BCUT2D eigenvalue weighted by Gasteiger charge is 2.08. The van der Waals surface area contributed by atoms with Gasteiger partial charge in [0.25, 0.3) is 0 Å². The van der Waals surface area contributed by atoms with Crippen molar-refractivity contribution in [2.75, 3.05) is 13.2 Å². The molecule has 0 bridgehead atoms. The number of carbonyl (C=O) groups excluding carboxylic acids is 1. The van der Waals surface area contributed by atoms with E-state index < -0.39 is 0 Å². The van der Waals surface area contributed by atoms with Crippen LogP contribution in [0.15, 0.2) is 70.2 Å². The third kappa shape index (κ3) is 9.87. The van der Waals surface area contributed by atoms with Gasteiger partial charge in [-0.25, -0.2) is 9.59 Å². The number of benzene rings is 1. The number of ether oxygens (including phenoxy) is 2. The lowest BCUT2D eigenvalue weighted by Crippen LogP contribution is -2.05. The van der Waals surface area contributed by atoms with E-state index in [1.54, 1.807) is 25.4 Å². The second-order valence-electron chi connectivity index (χ2n) is 9.54. The van der Waals surface area contributed by atoms with E-state index in [9.17, 15) is 9.59 Å². The van der Waals surface area contributed by atoms with Gasteiger partial charge in [-0.15, -0.1) is 0 Å². The SMILES string of the molecule is C=C(C)C(=O)OCCCCCCCCCCCCCOc1ccc(-c2cc3cnccc3oc2=O)cc1. The third-order valence-corrected chi connectivity index (χ3v) is 6.34. The first kappa shape index (κ1) is 28.2. The second kappa shape index (κ2) is 15.6. The lowest BCUT2D eigenvalue weighted by Gasteiger charge is -2.08. The first-order chi connectivity index (χ1) is 18.0. The summed E-state index contributed by atoms with van der Waals surface area (Å²) >= 11 is 0. The number of esters is 1. The molecule has 0 saturated heterocycles. The summed E-state index contributed by atoms with van der Waals surface area (Å²) in [6.07, 6.45) is 16.4. The van der Waals surface area contributed by atoms with Gasteiger partial charge in [-0.1, -0.05) is 76.5 Å². The summed E-state index contributed by atoms with van der Waals surface area (Å²) in [7, 11) is 0. The minimum Gasteiger partial charge on any atom is -0.494 e. The van der Waals surface area contributed by atoms with Crippen LogP contribution in [-0.4, -0.2) is 24.2 Å². The molecule has 0 saturated carbocycles. The molecule has 37 heavy (non-hydrogen) atoms. The summed E-state index contributed by atoms with van der Waals surface area (Å²) in [5, 5.41) is 0.799. The minimum absolute atomic E-state index is 0.284. The molecule has 198 valence electrons. The highest BCUT2D eigenvalue weighted by molar-refractivity contribution is 5.86. The van der Waals surface area contributed by atoms with Crippen LogP contribution in [-0.2, 0) is 9.53 Å². The largest absolute Gasteiger partial charge is 0.494 e. The van der Waals surface area contributed by atoms with Crippen molar-refractivity contribution in [2.45, 2.75) is 77.6 Å². The fourth-order valence-electron chi connectivity index (χ4n) is 4.17. The van der Waals surface area contributed by atoms with Crippen LogP contribution in [0.3, 0.4) is 0 Å². The van der Waals surface area contributed by atoms with Gasteiger partial charge in [0.15, 0.2) is 0 Å². The Hall–Kier alpha value is -3.41. The average molecular weight is 506 g/mol. The van der Waals surface area contributed by atoms with Crippen molar-refractivity contribution in [1.82, 2.24) is 4.98 Å². The number of aromatic nitrogens is 1. The van der Waals surface area contributed by atoms with Gasteiger partial charge in [0.2, 0.25) is 0 Å². The quantitative estimate of drug-likeness (QED) is 0.107. The van der Waals surface area contributed by atoms with E-state index in [0.29, 0.717) is 29.9 Å². The van der Waals surface area contributed by atoms with Crippen LogP contribution in [0, 0.1) is 0 Å². The fourth-order valence-corrected chi connectivity index (χ4v) is 4.17. The molecule has 0 aliphatic carbocycles. The number of unbranched alkanes of at least 4 members (excludes halogenated alkanes) is 10. The molecule has 6 heteroatoms. The van der Waals surface area contributed by atoms with Crippen molar-refractivity contribution in [3.8, 4) is 16.9 Å². The minimum atomic E-state index is -0.355. The first-order valence-electron chi connectivity index (χ1n) is 13.5. The molecular weight excluding hydrogens is 466 g/mol. The third-order valence-electron chi connectivity index (χ3n) is 6.34. The van der Waals surface area contributed by atoms with E-state index >= 15 is 0 Å². The van der Waals surface area contributed by atoms with Gasteiger partial charge in [-0.3, -0.25) is 4.98 Å². The van der Waals surface area contributed by atoms with E-state index in [2.05, 4.69) is 11.6 Å². The van der Waals surface area contributed by atoms with Crippen LogP contribution in [0.2, 0.25) is 0 Å². The monoisotopic (exact) mass is 505 g/mol. The standard InChI is InChI=1S/C31H39NO5/c1-24(2)30(33)36-21-13-11-9-7-5-3-4-6-8-10-12-20-35-27-16-14-25(15-17-27)28-22-26-23-32-19-18-29(26)37-31(28)34/h14-19,22-23H,1,3-13,20-21H2,2H3. The van der Waals surface area contributed by atoms with Crippen molar-refractivity contribution < 1.29 is 18.7 Å². The zero-order valence-corrected chi connectivity index (χ0v) is 22.0. The Morgan fingerprint density at radius 3 is 2.08 bits per heavy atom. The molecule has 0 spiro atoms. The second-order valence-corrected chi connectivity index (χ2v) is 9.54. The van der Waals surface area contributed by atoms with Gasteiger partial charge in [0, 0.05) is 23.4 Å². The van der Waals surface area contributed by atoms with Gasteiger partial charge in [0.05, 0.1) is 18.8 Å². The van der Waals surface area contributed by atoms with Crippen LogP contribution < -0.4 is 10.4 Å². The maximum Gasteiger partial charge on any atom is 0.344 e.